The molecule has 0 aliphatic carbocycles. The molecule has 60 valence electrons. The maximum Gasteiger partial charge on any atom is 0.303 e. The van der Waals surface area contributed by atoms with Crippen LogP contribution in [0.3, 0.4) is 0 Å². The molecule has 1 unspecified atom stereocenters. The van der Waals surface area contributed by atoms with Crippen molar-refractivity contribution in [3.63, 3.8) is 0 Å². The van der Waals surface area contributed by atoms with Crippen molar-refractivity contribution in [2.24, 2.45) is 5.92 Å². The number of hydrogen-bond acceptors (Lipinski definition) is 2. The van der Waals surface area contributed by atoms with Gasteiger partial charge >= 0.3 is 5.97 Å². The third kappa shape index (κ3) is 5.56. The predicted molar refractivity (Wildman–Crippen MR) is 37.7 cm³/mol. The number of hydrogen-bond donors (Lipinski definition) is 2. The summed E-state index contributed by atoms with van der Waals surface area (Å²) in [6.07, 6.45) is 1.71. The normalized spacial score (nSPS) is 13.0. The van der Waals surface area contributed by atoms with Crippen molar-refractivity contribution < 1.29 is 15.0 Å². The van der Waals surface area contributed by atoms with Crippen LogP contribution in [-0.2, 0) is 4.79 Å². The maximum atomic E-state index is 10.1. The molecule has 0 amide bonds. The summed E-state index contributed by atoms with van der Waals surface area (Å²) in [4.78, 5) is 10.1. The minimum Gasteiger partial charge on any atom is -0.481 e. The fourth-order valence-corrected chi connectivity index (χ4v) is 0.840. The van der Waals surface area contributed by atoms with Gasteiger partial charge < -0.3 is 10.2 Å². The first-order chi connectivity index (χ1) is 4.66. The highest BCUT2D eigenvalue weighted by Crippen LogP contribution is 2.08. The van der Waals surface area contributed by atoms with Crippen molar-refractivity contribution >= 4 is 5.97 Å². The Labute approximate surface area is 60.7 Å². The standard InChI is InChI=1S/C7H14O3/c1-6(3-2-4-8)5-7(9)10/h6,8H,2-5H2,1H3,(H,9,10). The topological polar surface area (TPSA) is 57.5 Å². The van der Waals surface area contributed by atoms with Crippen LogP contribution in [0, 0.1) is 5.92 Å². The van der Waals surface area contributed by atoms with Crippen molar-refractivity contribution in [3.8, 4) is 0 Å². The monoisotopic (exact) mass is 146 g/mol. The van der Waals surface area contributed by atoms with E-state index in [0.29, 0.717) is 6.42 Å². The van der Waals surface area contributed by atoms with Crippen LogP contribution >= 0.6 is 0 Å². The van der Waals surface area contributed by atoms with E-state index < -0.39 is 5.97 Å². The van der Waals surface area contributed by atoms with Crippen molar-refractivity contribution in [2.45, 2.75) is 26.2 Å². The number of aliphatic hydroxyl groups is 1. The first kappa shape index (κ1) is 9.43. The second kappa shape index (κ2) is 5.23. The number of carboxylic acids is 1. The molecule has 0 aromatic rings. The molecule has 0 saturated heterocycles. The van der Waals surface area contributed by atoms with Gasteiger partial charge in [-0.3, -0.25) is 4.79 Å². The van der Waals surface area contributed by atoms with Crippen LogP contribution in [0.5, 0.6) is 0 Å². The van der Waals surface area contributed by atoms with Crippen LogP contribution in [-0.4, -0.2) is 22.8 Å². The maximum absolute atomic E-state index is 10.1. The third-order valence-corrected chi connectivity index (χ3v) is 1.38. The molecule has 1 atom stereocenters. The molecular weight excluding hydrogens is 132 g/mol. The Balaban J connectivity index is 3.25. The van der Waals surface area contributed by atoms with Gasteiger partial charge in [0, 0.05) is 13.0 Å². The van der Waals surface area contributed by atoms with Gasteiger partial charge in [0.1, 0.15) is 0 Å². The highest BCUT2D eigenvalue weighted by molar-refractivity contribution is 5.66. The molecule has 0 aromatic heterocycles. The molecule has 0 aliphatic rings. The summed E-state index contributed by atoms with van der Waals surface area (Å²) in [5.41, 5.74) is 0. The second-order valence-corrected chi connectivity index (χ2v) is 2.57. The summed E-state index contributed by atoms with van der Waals surface area (Å²) in [6, 6.07) is 0. The molecule has 0 heterocycles. The molecule has 2 N–H and O–H groups in total. The number of carboxylic acid groups (broad SMARTS) is 1. The molecule has 0 bridgehead atoms. The summed E-state index contributed by atoms with van der Waals surface area (Å²) >= 11 is 0. The van der Waals surface area contributed by atoms with Crippen LogP contribution in [0.1, 0.15) is 26.2 Å². The average molecular weight is 146 g/mol. The quantitative estimate of drug-likeness (QED) is 0.605. The van der Waals surface area contributed by atoms with E-state index in [-0.39, 0.29) is 18.9 Å². The Morgan fingerprint density at radius 1 is 1.60 bits per heavy atom. The molecule has 3 heteroatoms. The van der Waals surface area contributed by atoms with Gasteiger partial charge in [-0.15, -0.1) is 0 Å². The van der Waals surface area contributed by atoms with E-state index in [9.17, 15) is 4.79 Å². The van der Waals surface area contributed by atoms with Gasteiger partial charge in [0.05, 0.1) is 0 Å². The molecule has 0 saturated carbocycles. The van der Waals surface area contributed by atoms with Gasteiger partial charge in [0.2, 0.25) is 0 Å². The highest BCUT2D eigenvalue weighted by Gasteiger charge is 2.05. The van der Waals surface area contributed by atoms with E-state index in [0.717, 1.165) is 6.42 Å². The predicted octanol–water partition coefficient (Wildman–Crippen LogP) is 0.870. The minimum absolute atomic E-state index is 0.157. The van der Waals surface area contributed by atoms with Crippen LogP contribution in [0.15, 0.2) is 0 Å². The summed E-state index contributed by atoms with van der Waals surface area (Å²) in [6.45, 7) is 2.04. The number of rotatable bonds is 5. The van der Waals surface area contributed by atoms with Gasteiger partial charge in [-0.2, -0.15) is 0 Å². The highest BCUT2D eigenvalue weighted by atomic mass is 16.4. The van der Waals surface area contributed by atoms with Crippen molar-refractivity contribution in [3.05, 3.63) is 0 Å². The van der Waals surface area contributed by atoms with Gasteiger partial charge in [0.15, 0.2) is 0 Å². The molecule has 0 aromatic carbocycles. The van der Waals surface area contributed by atoms with E-state index in [1.165, 1.54) is 0 Å². The summed E-state index contributed by atoms with van der Waals surface area (Å²) in [5, 5.41) is 16.7. The molecule has 0 rings (SSSR count). The Bertz CT molecular complexity index is 101. The lowest BCUT2D eigenvalue weighted by molar-refractivity contribution is -0.138. The molecule has 3 nitrogen and oxygen atoms in total. The number of carbonyl (C=O) groups is 1. The van der Waals surface area contributed by atoms with Crippen LogP contribution in [0.2, 0.25) is 0 Å². The van der Waals surface area contributed by atoms with Crippen molar-refractivity contribution in [2.75, 3.05) is 6.61 Å². The SMILES string of the molecule is CC(CCCO)CC(=O)O. The molecule has 10 heavy (non-hydrogen) atoms. The Morgan fingerprint density at radius 3 is 2.60 bits per heavy atom. The molecule has 0 radical (unpaired) electrons. The van der Waals surface area contributed by atoms with Crippen molar-refractivity contribution in [1.29, 1.82) is 0 Å². The van der Waals surface area contributed by atoms with Gasteiger partial charge in [-0.1, -0.05) is 6.92 Å². The van der Waals surface area contributed by atoms with Crippen LogP contribution in [0.25, 0.3) is 0 Å². The van der Waals surface area contributed by atoms with Crippen LogP contribution < -0.4 is 0 Å². The Morgan fingerprint density at radius 2 is 2.20 bits per heavy atom. The lowest BCUT2D eigenvalue weighted by Gasteiger charge is -2.05. The fourth-order valence-electron chi connectivity index (χ4n) is 0.840. The molecule has 0 aliphatic heterocycles. The summed E-state index contributed by atoms with van der Waals surface area (Å²) < 4.78 is 0. The second-order valence-electron chi connectivity index (χ2n) is 2.57. The fraction of sp³-hybridized carbons (Fsp3) is 0.857. The number of aliphatic carboxylic acids is 1. The first-order valence-electron chi connectivity index (χ1n) is 3.49. The lowest BCUT2D eigenvalue weighted by atomic mass is 10.0. The lowest BCUT2D eigenvalue weighted by Crippen LogP contribution is -2.04. The Kier molecular flexibility index (Phi) is 4.94. The van der Waals surface area contributed by atoms with Gasteiger partial charge in [-0.25, -0.2) is 0 Å². The zero-order chi connectivity index (χ0) is 7.98. The number of aliphatic hydroxyl groups excluding tert-OH is 1. The zero-order valence-electron chi connectivity index (χ0n) is 6.21. The third-order valence-electron chi connectivity index (χ3n) is 1.38. The van der Waals surface area contributed by atoms with E-state index in [4.69, 9.17) is 10.2 Å². The van der Waals surface area contributed by atoms with E-state index in [1.807, 2.05) is 6.92 Å². The Hall–Kier alpha value is -0.570. The summed E-state index contributed by atoms with van der Waals surface area (Å²) in [7, 11) is 0. The van der Waals surface area contributed by atoms with E-state index in [2.05, 4.69) is 0 Å². The minimum atomic E-state index is -0.759. The first-order valence-corrected chi connectivity index (χ1v) is 3.49. The zero-order valence-corrected chi connectivity index (χ0v) is 6.21. The molecule has 0 spiro atoms. The molecular formula is C7H14O3. The van der Waals surface area contributed by atoms with Gasteiger partial charge in [0.25, 0.3) is 0 Å². The smallest absolute Gasteiger partial charge is 0.303 e. The molecule has 0 fully saturated rings. The van der Waals surface area contributed by atoms with E-state index in [1.54, 1.807) is 0 Å². The van der Waals surface area contributed by atoms with E-state index >= 15 is 0 Å². The summed E-state index contributed by atoms with van der Waals surface area (Å²) in [5.74, 6) is -0.574. The average Bonchev–Trinajstić information content (AvgIpc) is 1.82. The van der Waals surface area contributed by atoms with Crippen LogP contribution in [0.4, 0.5) is 0 Å². The largest absolute Gasteiger partial charge is 0.481 e. The van der Waals surface area contributed by atoms with Gasteiger partial charge in [-0.05, 0) is 18.8 Å². The van der Waals surface area contributed by atoms with Crippen molar-refractivity contribution in [1.82, 2.24) is 0 Å².